The predicted molar refractivity (Wildman–Crippen MR) is 38.4 cm³/mol. The minimum atomic E-state index is -0.00452. The molecule has 1 saturated heterocycles. The van der Waals surface area contributed by atoms with Crippen LogP contribution in [0.4, 0.5) is 0 Å². The minimum Gasteiger partial charge on any atom is -0.465 e. The van der Waals surface area contributed by atoms with Gasteiger partial charge in [-0.25, -0.2) is 0 Å². The number of cyclic esters (lactones) is 1. The van der Waals surface area contributed by atoms with Gasteiger partial charge in [0.25, 0.3) is 0 Å². The number of esters is 1. The summed E-state index contributed by atoms with van der Waals surface area (Å²) in [7, 11) is 1.25. The smallest absolute Gasteiger partial charge is 0.306 e. The van der Waals surface area contributed by atoms with Crippen molar-refractivity contribution >= 4 is 16.2 Å². The van der Waals surface area contributed by atoms with Crippen LogP contribution in [0.5, 0.6) is 0 Å². The minimum absolute atomic E-state index is 0.00452. The molecular formula is C6H12O2Si. The highest BCUT2D eigenvalue weighted by molar-refractivity contribution is 6.08. The molecule has 0 spiro atoms. The Balaban J connectivity index is 2.22. The van der Waals surface area contributed by atoms with Crippen LogP contribution in [-0.4, -0.2) is 22.8 Å². The van der Waals surface area contributed by atoms with Crippen molar-refractivity contribution in [1.29, 1.82) is 0 Å². The van der Waals surface area contributed by atoms with E-state index in [9.17, 15) is 4.79 Å². The molecule has 1 aliphatic rings. The standard InChI is InChI=1S/C6H12O2Si/c7-6-3-5(1-2-9)4-8-6/h5H,1-4H2,9H3. The third-order valence-electron chi connectivity index (χ3n) is 1.63. The normalized spacial score (nSPS) is 26.7. The highest BCUT2D eigenvalue weighted by atomic mass is 28.1. The molecule has 0 radical (unpaired) electrons. The van der Waals surface area contributed by atoms with Crippen LogP contribution in [0, 0.1) is 5.92 Å². The van der Waals surface area contributed by atoms with E-state index in [0.717, 1.165) is 0 Å². The lowest BCUT2D eigenvalue weighted by atomic mass is 10.1. The van der Waals surface area contributed by atoms with Crippen molar-refractivity contribution in [3.63, 3.8) is 0 Å². The fraction of sp³-hybridized carbons (Fsp3) is 0.833. The van der Waals surface area contributed by atoms with Gasteiger partial charge in [-0.2, -0.15) is 0 Å². The maximum absolute atomic E-state index is 10.5. The van der Waals surface area contributed by atoms with Crippen LogP contribution in [0.1, 0.15) is 12.8 Å². The second-order valence-electron chi connectivity index (χ2n) is 2.54. The summed E-state index contributed by atoms with van der Waals surface area (Å²) in [5.74, 6) is 0.546. The molecule has 3 heteroatoms. The van der Waals surface area contributed by atoms with Gasteiger partial charge in [-0.1, -0.05) is 6.04 Å². The van der Waals surface area contributed by atoms with E-state index in [2.05, 4.69) is 0 Å². The average Bonchev–Trinajstić information content (AvgIpc) is 2.17. The van der Waals surface area contributed by atoms with Crippen molar-refractivity contribution in [2.75, 3.05) is 6.61 Å². The number of rotatable bonds is 2. The summed E-state index contributed by atoms with van der Waals surface area (Å²) in [6, 6.07) is 1.29. The van der Waals surface area contributed by atoms with Gasteiger partial charge >= 0.3 is 5.97 Å². The Labute approximate surface area is 58.0 Å². The van der Waals surface area contributed by atoms with Crippen molar-refractivity contribution in [2.45, 2.75) is 18.9 Å². The predicted octanol–water partition coefficient (Wildman–Crippen LogP) is -0.277. The molecule has 2 nitrogen and oxygen atoms in total. The van der Waals surface area contributed by atoms with Gasteiger partial charge in [0.2, 0.25) is 0 Å². The van der Waals surface area contributed by atoms with E-state index < -0.39 is 0 Å². The summed E-state index contributed by atoms with van der Waals surface area (Å²) in [6.45, 7) is 0.682. The second kappa shape index (κ2) is 3.01. The Kier molecular flexibility index (Phi) is 2.27. The Morgan fingerprint density at radius 3 is 3.00 bits per heavy atom. The zero-order valence-electron chi connectivity index (χ0n) is 5.72. The summed E-state index contributed by atoms with van der Waals surface area (Å²) in [4.78, 5) is 10.5. The van der Waals surface area contributed by atoms with Crippen LogP contribution in [0.2, 0.25) is 6.04 Å². The molecule has 0 bridgehead atoms. The first-order valence-corrected chi connectivity index (χ1v) is 4.90. The summed E-state index contributed by atoms with van der Waals surface area (Å²) >= 11 is 0. The summed E-state index contributed by atoms with van der Waals surface area (Å²) in [5.41, 5.74) is 0. The highest BCUT2D eigenvalue weighted by Gasteiger charge is 2.21. The molecule has 0 saturated carbocycles. The molecule has 0 amide bonds. The van der Waals surface area contributed by atoms with E-state index in [-0.39, 0.29) is 5.97 Å². The molecule has 1 heterocycles. The summed E-state index contributed by atoms with van der Waals surface area (Å²) < 4.78 is 4.79. The van der Waals surface area contributed by atoms with E-state index in [1.165, 1.54) is 22.7 Å². The maximum atomic E-state index is 10.5. The van der Waals surface area contributed by atoms with Gasteiger partial charge in [0.15, 0.2) is 0 Å². The Hall–Kier alpha value is -0.313. The molecule has 1 fully saturated rings. The fourth-order valence-corrected chi connectivity index (χ4v) is 1.97. The lowest BCUT2D eigenvalue weighted by Crippen LogP contribution is -1.97. The van der Waals surface area contributed by atoms with Gasteiger partial charge in [0.05, 0.1) is 13.0 Å². The van der Waals surface area contributed by atoms with E-state index >= 15 is 0 Å². The Bertz CT molecular complexity index is 114. The molecule has 1 unspecified atom stereocenters. The topological polar surface area (TPSA) is 26.3 Å². The van der Waals surface area contributed by atoms with Crippen molar-refractivity contribution in [2.24, 2.45) is 5.92 Å². The van der Waals surface area contributed by atoms with Crippen LogP contribution in [-0.2, 0) is 9.53 Å². The number of hydrogen-bond acceptors (Lipinski definition) is 2. The van der Waals surface area contributed by atoms with Gasteiger partial charge in [0, 0.05) is 16.2 Å². The van der Waals surface area contributed by atoms with E-state index in [1.54, 1.807) is 0 Å². The second-order valence-corrected chi connectivity index (χ2v) is 3.54. The summed E-state index contributed by atoms with van der Waals surface area (Å²) in [6.07, 6.45) is 1.86. The van der Waals surface area contributed by atoms with E-state index in [4.69, 9.17) is 4.74 Å². The molecule has 0 aromatic heterocycles. The highest BCUT2D eigenvalue weighted by Crippen LogP contribution is 2.18. The molecule has 52 valence electrons. The monoisotopic (exact) mass is 144 g/mol. The van der Waals surface area contributed by atoms with E-state index in [1.807, 2.05) is 0 Å². The number of carbonyl (C=O) groups excluding carboxylic acids is 1. The first kappa shape index (κ1) is 6.80. The largest absolute Gasteiger partial charge is 0.465 e. The molecule has 0 N–H and O–H groups in total. The molecule has 9 heavy (non-hydrogen) atoms. The van der Waals surface area contributed by atoms with Crippen LogP contribution < -0.4 is 0 Å². The number of carbonyl (C=O) groups is 1. The first-order valence-electron chi connectivity index (χ1n) is 3.48. The summed E-state index contributed by atoms with van der Waals surface area (Å²) in [5, 5.41) is 0. The average molecular weight is 144 g/mol. The molecule has 1 rings (SSSR count). The van der Waals surface area contributed by atoms with Gasteiger partial charge in [-0.15, -0.1) is 0 Å². The van der Waals surface area contributed by atoms with Crippen LogP contribution in [0.25, 0.3) is 0 Å². The number of hydrogen-bond donors (Lipinski definition) is 0. The molecule has 1 aliphatic heterocycles. The third kappa shape index (κ3) is 1.82. The Morgan fingerprint density at radius 1 is 1.78 bits per heavy atom. The van der Waals surface area contributed by atoms with Crippen molar-refractivity contribution in [3.8, 4) is 0 Å². The van der Waals surface area contributed by atoms with Crippen molar-refractivity contribution in [3.05, 3.63) is 0 Å². The maximum Gasteiger partial charge on any atom is 0.306 e. The lowest BCUT2D eigenvalue weighted by Gasteiger charge is -1.99. The van der Waals surface area contributed by atoms with Crippen LogP contribution in [0.15, 0.2) is 0 Å². The van der Waals surface area contributed by atoms with Crippen LogP contribution >= 0.6 is 0 Å². The third-order valence-corrected chi connectivity index (χ3v) is 2.21. The fourth-order valence-electron chi connectivity index (χ4n) is 1.16. The van der Waals surface area contributed by atoms with Gasteiger partial charge in [-0.05, 0) is 6.42 Å². The van der Waals surface area contributed by atoms with Gasteiger partial charge in [0.1, 0.15) is 0 Å². The van der Waals surface area contributed by atoms with Gasteiger partial charge in [-0.3, -0.25) is 4.79 Å². The van der Waals surface area contributed by atoms with E-state index in [0.29, 0.717) is 18.9 Å². The molecule has 1 atom stereocenters. The van der Waals surface area contributed by atoms with Gasteiger partial charge < -0.3 is 4.74 Å². The number of ether oxygens (including phenoxy) is 1. The zero-order valence-corrected chi connectivity index (χ0v) is 7.72. The van der Waals surface area contributed by atoms with Crippen LogP contribution in [0.3, 0.4) is 0 Å². The molecule has 0 aliphatic carbocycles. The lowest BCUT2D eigenvalue weighted by molar-refractivity contribution is -0.137. The molecular weight excluding hydrogens is 132 g/mol. The van der Waals surface area contributed by atoms with Crippen molar-refractivity contribution in [1.82, 2.24) is 0 Å². The SMILES string of the molecule is O=C1CC(CC[SiH3])CO1. The molecule has 0 aromatic rings. The first-order chi connectivity index (χ1) is 4.33. The zero-order chi connectivity index (χ0) is 6.69. The van der Waals surface area contributed by atoms with Crippen molar-refractivity contribution < 1.29 is 9.53 Å². The Morgan fingerprint density at radius 2 is 2.56 bits per heavy atom. The molecule has 0 aromatic carbocycles. The quantitative estimate of drug-likeness (QED) is 0.394.